The summed E-state index contributed by atoms with van der Waals surface area (Å²) in [7, 11) is 0. The summed E-state index contributed by atoms with van der Waals surface area (Å²) in [5, 5.41) is 3.27. The molecule has 0 aromatic rings. The first-order valence-corrected chi connectivity index (χ1v) is 4.56. The molecule has 0 saturated carbocycles. The van der Waals surface area contributed by atoms with Crippen molar-refractivity contribution in [2.24, 2.45) is 0 Å². The van der Waals surface area contributed by atoms with E-state index in [2.05, 4.69) is 11.9 Å². The van der Waals surface area contributed by atoms with E-state index in [0.717, 1.165) is 0 Å². The van der Waals surface area contributed by atoms with Crippen molar-refractivity contribution in [3.05, 3.63) is 12.7 Å². The van der Waals surface area contributed by atoms with Crippen molar-refractivity contribution >= 4 is 0 Å². The Balaban J connectivity index is 1.96. The van der Waals surface area contributed by atoms with Crippen LogP contribution in [0.4, 0.5) is 0 Å². The van der Waals surface area contributed by atoms with E-state index in [-0.39, 0.29) is 6.04 Å². The Morgan fingerprint density at radius 1 is 1.38 bits per heavy atom. The van der Waals surface area contributed by atoms with Gasteiger partial charge >= 0.3 is 0 Å². The van der Waals surface area contributed by atoms with Crippen molar-refractivity contribution < 1.29 is 14.2 Å². The van der Waals surface area contributed by atoms with Crippen molar-refractivity contribution in [2.75, 3.05) is 33.0 Å². The summed E-state index contributed by atoms with van der Waals surface area (Å²) in [6, 6.07) is 0.201. The molecule has 4 nitrogen and oxygen atoms in total. The van der Waals surface area contributed by atoms with Crippen LogP contribution in [0.3, 0.4) is 0 Å². The highest BCUT2D eigenvalue weighted by Gasteiger charge is 2.38. The zero-order valence-electron chi connectivity index (χ0n) is 7.62. The van der Waals surface area contributed by atoms with E-state index in [0.29, 0.717) is 33.0 Å². The first kappa shape index (κ1) is 9.15. The molecule has 2 fully saturated rings. The molecule has 1 atom stereocenters. The third-order valence-electron chi connectivity index (χ3n) is 2.35. The van der Waals surface area contributed by atoms with Crippen LogP contribution in [0.15, 0.2) is 12.7 Å². The molecule has 1 N–H and O–H groups in total. The maximum absolute atomic E-state index is 5.51. The molecular formula is C9H15NO3. The summed E-state index contributed by atoms with van der Waals surface area (Å²) >= 11 is 0. The van der Waals surface area contributed by atoms with Gasteiger partial charge in [-0.05, 0) is 0 Å². The van der Waals surface area contributed by atoms with Crippen molar-refractivity contribution in [3.63, 3.8) is 0 Å². The van der Waals surface area contributed by atoms with Crippen LogP contribution in [0.5, 0.6) is 0 Å². The third kappa shape index (κ3) is 1.91. The van der Waals surface area contributed by atoms with Crippen LogP contribution < -0.4 is 5.32 Å². The van der Waals surface area contributed by atoms with Gasteiger partial charge in [-0.15, -0.1) is 6.58 Å². The molecule has 0 aliphatic carbocycles. The van der Waals surface area contributed by atoms with Crippen LogP contribution in [-0.2, 0) is 14.2 Å². The van der Waals surface area contributed by atoms with Crippen molar-refractivity contribution in [3.8, 4) is 0 Å². The molecular weight excluding hydrogens is 170 g/mol. The molecule has 0 aromatic heterocycles. The number of hydrogen-bond acceptors (Lipinski definition) is 4. The minimum atomic E-state index is -0.544. The molecule has 2 rings (SSSR count). The molecule has 2 heterocycles. The molecule has 13 heavy (non-hydrogen) atoms. The zero-order chi connectivity index (χ0) is 9.15. The molecule has 0 unspecified atom stereocenters. The minimum Gasteiger partial charge on any atom is -0.374 e. The standard InChI is InChI=1S/C9H15NO3/c1-2-8-5-11-7-9(6-10-8)12-3-4-13-9/h2,8,10H,1,3-7H2/t8-/m0/s1. The lowest BCUT2D eigenvalue weighted by Crippen LogP contribution is -2.44. The van der Waals surface area contributed by atoms with E-state index in [9.17, 15) is 0 Å². The Bertz CT molecular complexity index is 189. The molecule has 1 spiro atoms. The lowest BCUT2D eigenvalue weighted by molar-refractivity contribution is -0.181. The summed E-state index contributed by atoms with van der Waals surface area (Å²) in [6.45, 7) is 6.84. The highest BCUT2D eigenvalue weighted by molar-refractivity contribution is 4.91. The van der Waals surface area contributed by atoms with Gasteiger partial charge in [0.2, 0.25) is 5.79 Å². The van der Waals surface area contributed by atoms with Gasteiger partial charge in [-0.1, -0.05) is 6.08 Å². The third-order valence-corrected chi connectivity index (χ3v) is 2.35. The molecule has 2 saturated heterocycles. The Labute approximate surface area is 77.8 Å². The van der Waals surface area contributed by atoms with Gasteiger partial charge in [-0.2, -0.15) is 0 Å². The fraction of sp³-hybridized carbons (Fsp3) is 0.778. The van der Waals surface area contributed by atoms with E-state index < -0.39 is 5.79 Å². The Morgan fingerprint density at radius 2 is 2.15 bits per heavy atom. The Morgan fingerprint density at radius 3 is 2.85 bits per heavy atom. The molecule has 0 amide bonds. The van der Waals surface area contributed by atoms with Crippen LogP contribution in [-0.4, -0.2) is 44.8 Å². The largest absolute Gasteiger partial charge is 0.374 e. The van der Waals surface area contributed by atoms with E-state index >= 15 is 0 Å². The normalized spacial score (nSPS) is 33.1. The zero-order valence-corrected chi connectivity index (χ0v) is 7.62. The predicted molar refractivity (Wildman–Crippen MR) is 47.4 cm³/mol. The van der Waals surface area contributed by atoms with Gasteiger partial charge in [0.1, 0.15) is 6.61 Å². The average molecular weight is 185 g/mol. The van der Waals surface area contributed by atoms with Gasteiger partial charge in [0.25, 0.3) is 0 Å². The Hall–Kier alpha value is -0.420. The van der Waals surface area contributed by atoms with Crippen LogP contribution >= 0.6 is 0 Å². The quantitative estimate of drug-likeness (QED) is 0.579. The van der Waals surface area contributed by atoms with Crippen LogP contribution in [0, 0.1) is 0 Å². The van der Waals surface area contributed by atoms with E-state index in [1.807, 2.05) is 6.08 Å². The first-order chi connectivity index (χ1) is 6.35. The fourth-order valence-electron chi connectivity index (χ4n) is 1.57. The van der Waals surface area contributed by atoms with Crippen molar-refractivity contribution in [1.82, 2.24) is 5.32 Å². The van der Waals surface area contributed by atoms with Gasteiger partial charge in [0.15, 0.2) is 0 Å². The maximum atomic E-state index is 5.51. The maximum Gasteiger partial charge on any atom is 0.204 e. The van der Waals surface area contributed by atoms with Crippen molar-refractivity contribution in [1.29, 1.82) is 0 Å². The van der Waals surface area contributed by atoms with Gasteiger partial charge < -0.3 is 19.5 Å². The predicted octanol–water partition coefficient (Wildman–Crippen LogP) is -0.0961. The Kier molecular flexibility index (Phi) is 2.64. The van der Waals surface area contributed by atoms with E-state index in [1.54, 1.807) is 0 Å². The SMILES string of the molecule is C=C[C@H]1COCC2(CN1)OCCO2. The molecule has 4 heteroatoms. The molecule has 0 bridgehead atoms. The van der Waals surface area contributed by atoms with E-state index in [4.69, 9.17) is 14.2 Å². The van der Waals surface area contributed by atoms with Crippen LogP contribution in [0.2, 0.25) is 0 Å². The summed E-state index contributed by atoms with van der Waals surface area (Å²) in [6.07, 6.45) is 1.84. The summed E-state index contributed by atoms with van der Waals surface area (Å²) < 4.78 is 16.5. The number of ether oxygens (including phenoxy) is 3. The molecule has 2 aliphatic heterocycles. The van der Waals surface area contributed by atoms with Crippen LogP contribution in [0.1, 0.15) is 0 Å². The van der Waals surface area contributed by atoms with Crippen molar-refractivity contribution in [2.45, 2.75) is 11.8 Å². The minimum absolute atomic E-state index is 0.201. The molecule has 0 aromatic carbocycles. The average Bonchev–Trinajstić information content (AvgIpc) is 2.49. The molecule has 2 aliphatic rings. The highest BCUT2D eigenvalue weighted by Crippen LogP contribution is 2.20. The monoisotopic (exact) mass is 185 g/mol. The highest BCUT2D eigenvalue weighted by atomic mass is 16.8. The van der Waals surface area contributed by atoms with Gasteiger partial charge in [0, 0.05) is 6.04 Å². The fourth-order valence-corrected chi connectivity index (χ4v) is 1.57. The lowest BCUT2D eigenvalue weighted by Gasteiger charge is -2.24. The van der Waals surface area contributed by atoms with Gasteiger partial charge in [-0.25, -0.2) is 0 Å². The summed E-state index contributed by atoms with van der Waals surface area (Å²) in [4.78, 5) is 0. The number of hydrogen-bond donors (Lipinski definition) is 1. The number of nitrogens with one attached hydrogen (secondary N) is 1. The number of rotatable bonds is 1. The summed E-state index contributed by atoms with van der Waals surface area (Å²) in [5.41, 5.74) is 0. The lowest BCUT2D eigenvalue weighted by atomic mass is 10.2. The second-order valence-corrected chi connectivity index (χ2v) is 3.35. The molecule has 0 radical (unpaired) electrons. The smallest absolute Gasteiger partial charge is 0.204 e. The second kappa shape index (κ2) is 3.75. The van der Waals surface area contributed by atoms with Gasteiger partial charge in [0.05, 0.1) is 26.4 Å². The topological polar surface area (TPSA) is 39.7 Å². The van der Waals surface area contributed by atoms with Gasteiger partial charge in [-0.3, -0.25) is 0 Å². The molecule has 74 valence electrons. The second-order valence-electron chi connectivity index (χ2n) is 3.35. The van der Waals surface area contributed by atoms with Crippen LogP contribution in [0.25, 0.3) is 0 Å². The first-order valence-electron chi connectivity index (χ1n) is 4.56. The van der Waals surface area contributed by atoms with E-state index in [1.165, 1.54) is 0 Å². The summed E-state index contributed by atoms with van der Waals surface area (Å²) in [5.74, 6) is -0.544.